The molecule has 0 aromatic heterocycles. The van der Waals surface area contributed by atoms with Gasteiger partial charge in [-0.3, -0.25) is 5.32 Å². The number of benzene rings is 3. The molecule has 1 amide bonds. The van der Waals surface area contributed by atoms with Crippen molar-refractivity contribution in [3.05, 3.63) is 90.0 Å². The molecule has 32 heavy (non-hydrogen) atoms. The molecule has 7 heteroatoms. The number of rotatable bonds is 5. The highest BCUT2D eigenvalue weighted by molar-refractivity contribution is 6.91. The van der Waals surface area contributed by atoms with Gasteiger partial charge in [-0.1, -0.05) is 72.4 Å². The minimum Gasteiger partial charge on any atom is -0.444 e. The third-order valence-electron chi connectivity index (χ3n) is 6.13. The average molecular weight is 453 g/mol. The smallest absolute Gasteiger partial charge is 0.411 e. The van der Waals surface area contributed by atoms with Crippen molar-refractivity contribution >= 4 is 30.7 Å². The molecule has 3 aromatic carbocycles. The van der Waals surface area contributed by atoms with Crippen molar-refractivity contribution in [3.8, 4) is 0 Å². The lowest BCUT2D eigenvalue weighted by Crippen LogP contribution is -2.53. The SMILES string of the molecule is C[Si]1(c2ccccc2)CCN(c2c(F)cc(NC(=O)OCc3ccccc3)cc2F)CC1. The quantitative estimate of drug-likeness (QED) is 0.519. The Bertz CT molecular complexity index is 1050. The minimum atomic E-state index is -1.65. The number of hydrogen-bond donors (Lipinski definition) is 1. The van der Waals surface area contributed by atoms with Crippen LogP contribution >= 0.6 is 0 Å². The van der Waals surface area contributed by atoms with Crippen molar-refractivity contribution in [2.24, 2.45) is 0 Å². The topological polar surface area (TPSA) is 41.6 Å². The number of hydrogen-bond acceptors (Lipinski definition) is 3. The highest BCUT2D eigenvalue weighted by Gasteiger charge is 2.35. The number of amides is 1. The summed E-state index contributed by atoms with van der Waals surface area (Å²) in [5.41, 5.74) is 0.825. The standard InChI is InChI=1S/C25H26F2N2O2Si/c1-32(21-10-6-3-7-11-21)14-12-29(13-15-32)24-22(26)16-20(17-23(24)27)28-25(30)31-18-19-8-4-2-5-9-19/h2-11,16-17H,12-15,18H2,1H3,(H,28,30). The number of halogens is 2. The highest BCUT2D eigenvalue weighted by atomic mass is 28.3. The Morgan fingerprint density at radius 1 is 0.969 bits per heavy atom. The van der Waals surface area contributed by atoms with Gasteiger partial charge < -0.3 is 9.64 Å². The van der Waals surface area contributed by atoms with E-state index in [1.165, 1.54) is 5.19 Å². The zero-order valence-corrected chi connectivity index (χ0v) is 19.0. The van der Waals surface area contributed by atoms with Crippen molar-refractivity contribution in [1.29, 1.82) is 0 Å². The van der Waals surface area contributed by atoms with E-state index in [9.17, 15) is 13.6 Å². The van der Waals surface area contributed by atoms with Gasteiger partial charge >= 0.3 is 6.09 Å². The van der Waals surface area contributed by atoms with Crippen LogP contribution in [0, 0.1) is 11.6 Å². The van der Waals surface area contributed by atoms with Gasteiger partial charge in [0.05, 0.1) is 8.07 Å². The van der Waals surface area contributed by atoms with Crippen molar-refractivity contribution in [2.75, 3.05) is 23.3 Å². The van der Waals surface area contributed by atoms with Gasteiger partial charge in [-0.05, 0) is 29.8 Å². The predicted molar refractivity (Wildman–Crippen MR) is 126 cm³/mol. The van der Waals surface area contributed by atoms with Crippen LogP contribution in [-0.4, -0.2) is 27.3 Å². The molecule has 166 valence electrons. The normalized spacial score (nSPS) is 15.3. The third-order valence-corrected chi connectivity index (χ3v) is 10.5. The lowest BCUT2D eigenvalue weighted by atomic mass is 10.2. The zero-order chi connectivity index (χ0) is 22.6. The summed E-state index contributed by atoms with van der Waals surface area (Å²) in [6.07, 6.45) is -0.761. The molecule has 1 saturated heterocycles. The molecule has 0 unspecified atom stereocenters. The summed E-state index contributed by atoms with van der Waals surface area (Å²) in [5.74, 6) is -1.37. The van der Waals surface area contributed by atoms with Crippen LogP contribution in [0.25, 0.3) is 0 Å². The van der Waals surface area contributed by atoms with Gasteiger partial charge in [-0.15, -0.1) is 0 Å². The molecule has 1 fully saturated rings. The van der Waals surface area contributed by atoms with Gasteiger partial charge in [0.15, 0.2) is 11.6 Å². The molecular formula is C25H26F2N2O2Si. The maximum atomic E-state index is 14.8. The summed E-state index contributed by atoms with van der Waals surface area (Å²) in [4.78, 5) is 13.8. The van der Waals surface area contributed by atoms with Gasteiger partial charge in [-0.2, -0.15) is 0 Å². The van der Waals surface area contributed by atoms with Gasteiger partial charge in [0.25, 0.3) is 0 Å². The molecule has 4 nitrogen and oxygen atoms in total. The van der Waals surface area contributed by atoms with E-state index >= 15 is 0 Å². The van der Waals surface area contributed by atoms with Crippen LogP contribution in [-0.2, 0) is 11.3 Å². The predicted octanol–water partition coefficient (Wildman–Crippen LogP) is 5.52. The van der Waals surface area contributed by atoms with Crippen LogP contribution in [0.15, 0.2) is 72.8 Å². The molecule has 0 radical (unpaired) electrons. The first kappa shape index (κ1) is 22.0. The Kier molecular flexibility index (Phi) is 6.55. The van der Waals surface area contributed by atoms with E-state index < -0.39 is 25.8 Å². The molecule has 4 rings (SSSR count). The molecule has 3 aromatic rings. The van der Waals surface area contributed by atoms with Crippen LogP contribution in [0.2, 0.25) is 18.6 Å². The average Bonchev–Trinajstić information content (AvgIpc) is 2.80. The maximum absolute atomic E-state index is 14.8. The van der Waals surface area contributed by atoms with Crippen molar-refractivity contribution in [1.82, 2.24) is 0 Å². The zero-order valence-electron chi connectivity index (χ0n) is 18.0. The van der Waals surface area contributed by atoms with E-state index in [1.807, 2.05) is 36.4 Å². The highest BCUT2D eigenvalue weighted by Crippen LogP contribution is 2.32. The second-order valence-electron chi connectivity index (χ2n) is 8.39. The fourth-order valence-corrected chi connectivity index (χ4v) is 7.52. The monoisotopic (exact) mass is 452 g/mol. The van der Waals surface area contributed by atoms with E-state index in [2.05, 4.69) is 36.1 Å². The van der Waals surface area contributed by atoms with E-state index in [1.54, 1.807) is 4.90 Å². The van der Waals surface area contributed by atoms with Gasteiger partial charge in [0.1, 0.15) is 12.3 Å². The van der Waals surface area contributed by atoms with Crippen LogP contribution in [0.1, 0.15) is 5.56 Å². The fourth-order valence-electron chi connectivity index (χ4n) is 4.17. The maximum Gasteiger partial charge on any atom is 0.411 e. The van der Waals surface area contributed by atoms with Crippen LogP contribution in [0.3, 0.4) is 0 Å². The van der Waals surface area contributed by atoms with Crippen molar-refractivity contribution < 1.29 is 18.3 Å². The summed E-state index contributed by atoms with van der Waals surface area (Å²) in [7, 11) is -1.65. The Labute approximate surface area is 187 Å². The van der Waals surface area contributed by atoms with E-state index in [0.717, 1.165) is 29.8 Å². The molecule has 0 bridgehead atoms. The molecular weight excluding hydrogens is 426 g/mol. The van der Waals surface area contributed by atoms with Gasteiger partial charge in [0, 0.05) is 18.8 Å². The van der Waals surface area contributed by atoms with Crippen LogP contribution < -0.4 is 15.4 Å². The summed E-state index contributed by atoms with van der Waals surface area (Å²) in [6, 6.07) is 23.8. The Morgan fingerprint density at radius 3 is 2.12 bits per heavy atom. The summed E-state index contributed by atoms with van der Waals surface area (Å²) >= 11 is 0. The molecule has 1 aliphatic heterocycles. The van der Waals surface area contributed by atoms with Gasteiger partial charge in [-0.25, -0.2) is 13.6 Å². The molecule has 0 spiro atoms. The lowest BCUT2D eigenvalue weighted by Gasteiger charge is -2.39. The molecule has 1 aliphatic rings. The number of carbonyl (C=O) groups is 1. The fraction of sp³-hybridized carbons (Fsp3) is 0.240. The van der Waals surface area contributed by atoms with Crippen LogP contribution in [0.4, 0.5) is 25.0 Å². The van der Waals surface area contributed by atoms with E-state index in [0.29, 0.717) is 13.1 Å². The summed E-state index contributed by atoms with van der Waals surface area (Å²) in [6.45, 7) is 3.63. The summed E-state index contributed by atoms with van der Waals surface area (Å²) in [5, 5.41) is 3.79. The number of carbonyl (C=O) groups excluding carboxylic acids is 1. The van der Waals surface area contributed by atoms with Gasteiger partial charge in [0.2, 0.25) is 0 Å². The second kappa shape index (κ2) is 9.52. The summed E-state index contributed by atoms with van der Waals surface area (Å²) < 4.78 is 34.8. The van der Waals surface area contributed by atoms with E-state index in [-0.39, 0.29) is 18.0 Å². The first-order chi connectivity index (χ1) is 15.4. The molecule has 1 heterocycles. The molecule has 0 saturated carbocycles. The third kappa shape index (κ3) is 4.99. The lowest BCUT2D eigenvalue weighted by molar-refractivity contribution is 0.155. The minimum absolute atomic E-state index is 0.0299. The Hall–Kier alpha value is -3.19. The van der Waals surface area contributed by atoms with E-state index in [4.69, 9.17) is 4.74 Å². The Balaban J connectivity index is 1.39. The number of ether oxygens (including phenoxy) is 1. The molecule has 0 aliphatic carbocycles. The largest absolute Gasteiger partial charge is 0.444 e. The van der Waals surface area contributed by atoms with Crippen molar-refractivity contribution in [2.45, 2.75) is 25.2 Å². The second-order valence-corrected chi connectivity index (χ2v) is 13.1. The number of nitrogens with zero attached hydrogens (tertiary/aromatic N) is 1. The number of anilines is 2. The van der Waals surface area contributed by atoms with Crippen molar-refractivity contribution in [3.63, 3.8) is 0 Å². The first-order valence-electron chi connectivity index (χ1n) is 10.7. The number of nitrogens with one attached hydrogen (secondary N) is 1. The first-order valence-corrected chi connectivity index (χ1v) is 13.6. The molecule has 0 atom stereocenters. The molecule has 1 N–H and O–H groups in total. The Morgan fingerprint density at radius 2 is 1.53 bits per heavy atom. The van der Waals surface area contributed by atoms with Crippen LogP contribution in [0.5, 0.6) is 0 Å².